The number of cyclic esters (lactones) is 1. The molecule has 0 atom stereocenters. The number of amides is 2. The second kappa shape index (κ2) is 9.92. The van der Waals surface area contributed by atoms with Crippen molar-refractivity contribution in [3.05, 3.63) is 64.4 Å². The van der Waals surface area contributed by atoms with Gasteiger partial charge in [-0.1, -0.05) is 12.1 Å². The van der Waals surface area contributed by atoms with Crippen LogP contribution in [0.15, 0.2) is 42.2 Å². The predicted octanol–water partition coefficient (Wildman–Crippen LogP) is 5.13. The minimum absolute atomic E-state index is 0.132. The fourth-order valence-electron chi connectivity index (χ4n) is 5.28. The van der Waals surface area contributed by atoms with Gasteiger partial charge in [0.25, 0.3) is 5.91 Å². The van der Waals surface area contributed by atoms with Crippen molar-refractivity contribution in [2.75, 3.05) is 31.1 Å². The van der Waals surface area contributed by atoms with E-state index in [9.17, 15) is 9.59 Å². The Morgan fingerprint density at radius 3 is 2.38 bits per heavy atom. The summed E-state index contributed by atoms with van der Waals surface area (Å²) in [5.74, 6) is 0.669. The summed E-state index contributed by atoms with van der Waals surface area (Å²) in [6.45, 7) is 5.25. The van der Waals surface area contributed by atoms with Crippen LogP contribution in [-0.2, 0) is 28.8 Å². The number of nitrogens with zero attached hydrogens (tertiary/aromatic N) is 2. The average molecular weight is 461 g/mol. The van der Waals surface area contributed by atoms with Gasteiger partial charge < -0.3 is 14.4 Å². The van der Waals surface area contributed by atoms with Crippen LogP contribution in [0.1, 0.15) is 54.9 Å². The molecule has 6 heteroatoms. The Kier molecular flexibility index (Phi) is 6.57. The van der Waals surface area contributed by atoms with E-state index in [-0.39, 0.29) is 11.7 Å². The van der Waals surface area contributed by atoms with E-state index >= 15 is 0 Å². The third-order valence-corrected chi connectivity index (χ3v) is 6.86. The summed E-state index contributed by atoms with van der Waals surface area (Å²) in [6, 6.07) is 12.4. The molecule has 0 bridgehead atoms. The summed E-state index contributed by atoms with van der Waals surface area (Å²) < 4.78 is 10.8. The summed E-state index contributed by atoms with van der Waals surface area (Å²) in [5.41, 5.74) is 6.25. The van der Waals surface area contributed by atoms with Crippen LogP contribution in [0.25, 0.3) is 6.08 Å². The molecular formula is C28H32N2O4. The van der Waals surface area contributed by atoms with Gasteiger partial charge >= 0.3 is 6.09 Å². The van der Waals surface area contributed by atoms with Crippen molar-refractivity contribution in [1.82, 2.24) is 4.90 Å². The largest absolute Gasteiger partial charge is 0.494 e. The Labute approximate surface area is 201 Å². The maximum absolute atomic E-state index is 12.9. The third kappa shape index (κ3) is 4.67. The smallest absolute Gasteiger partial charge is 0.422 e. The molecule has 0 unspecified atom stereocenters. The van der Waals surface area contributed by atoms with Crippen molar-refractivity contribution in [3.8, 4) is 5.75 Å². The fourth-order valence-corrected chi connectivity index (χ4v) is 5.28. The number of hydrogen-bond donors (Lipinski definition) is 0. The Bertz CT molecular complexity index is 1070. The molecule has 3 aliphatic heterocycles. The van der Waals surface area contributed by atoms with Gasteiger partial charge in [0, 0.05) is 25.3 Å². The van der Waals surface area contributed by atoms with Gasteiger partial charge in [0.2, 0.25) is 0 Å². The van der Waals surface area contributed by atoms with Crippen LogP contribution >= 0.6 is 0 Å². The SMILES string of the molecule is CCOc1ccc(CCCCN2C(=O)OC(=Cc3cc4c5c(c3)CCCN5CCC4)C2=O)cc1. The molecule has 0 aromatic heterocycles. The minimum Gasteiger partial charge on any atom is -0.494 e. The number of ether oxygens (including phenoxy) is 2. The topological polar surface area (TPSA) is 59.1 Å². The van der Waals surface area contributed by atoms with Crippen molar-refractivity contribution in [3.63, 3.8) is 0 Å². The molecule has 34 heavy (non-hydrogen) atoms. The van der Waals surface area contributed by atoms with E-state index in [0.717, 1.165) is 69.3 Å². The first-order chi connectivity index (χ1) is 16.6. The van der Waals surface area contributed by atoms with Gasteiger partial charge in [-0.15, -0.1) is 0 Å². The molecule has 6 nitrogen and oxygen atoms in total. The number of hydrogen-bond acceptors (Lipinski definition) is 5. The van der Waals surface area contributed by atoms with Crippen LogP contribution in [-0.4, -0.2) is 43.1 Å². The van der Waals surface area contributed by atoms with E-state index < -0.39 is 6.09 Å². The van der Waals surface area contributed by atoms with Crippen molar-refractivity contribution < 1.29 is 19.1 Å². The second-order valence-corrected chi connectivity index (χ2v) is 9.25. The summed E-state index contributed by atoms with van der Waals surface area (Å²) in [7, 11) is 0. The molecular weight excluding hydrogens is 428 g/mol. The molecule has 1 saturated heterocycles. The molecule has 2 amide bonds. The van der Waals surface area contributed by atoms with Crippen molar-refractivity contribution in [2.45, 2.75) is 51.9 Å². The zero-order valence-corrected chi connectivity index (χ0v) is 19.8. The van der Waals surface area contributed by atoms with Gasteiger partial charge in [0.15, 0.2) is 5.76 Å². The number of unbranched alkanes of at least 4 members (excludes halogenated alkanes) is 1. The first-order valence-electron chi connectivity index (χ1n) is 12.5. The van der Waals surface area contributed by atoms with E-state index in [0.29, 0.717) is 13.2 Å². The van der Waals surface area contributed by atoms with Crippen molar-refractivity contribution >= 4 is 23.8 Å². The van der Waals surface area contributed by atoms with Gasteiger partial charge in [-0.05, 0) is 104 Å². The van der Waals surface area contributed by atoms with Gasteiger partial charge in [-0.3, -0.25) is 4.79 Å². The number of anilines is 1. The zero-order valence-electron chi connectivity index (χ0n) is 19.8. The average Bonchev–Trinajstić information content (AvgIpc) is 3.10. The molecule has 0 aliphatic carbocycles. The van der Waals surface area contributed by atoms with Crippen LogP contribution in [0.3, 0.4) is 0 Å². The van der Waals surface area contributed by atoms with Gasteiger partial charge in [0.05, 0.1) is 6.61 Å². The highest BCUT2D eigenvalue weighted by atomic mass is 16.6. The Balaban J connectivity index is 1.20. The van der Waals surface area contributed by atoms with Crippen LogP contribution in [0.5, 0.6) is 5.75 Å². The molecule has 1 fully saturated rings. The molecule has 178 valence electrons. The lowest BCUT2D eigenvalue weighted by atomic mass is 9.90. The predicted molar refractivity (Wildman–Crippen MR) is 132 cm³/mol. The Hall–Kier alpha value is -3.28. The molecule has 0 radical (unpaired) electrons. The molecule has 2 aromatic rings. The first-order valence-corrected chi connectivity index (χ1v) is 12.5. The van der Waals surface area contributed by atoms with E-state index in [4.69, 9.17) is 9.47 Å². The highest BCUT2D eigenvalue weighted by Crippen LogP contribution is 2.36. The lowest BCUT2D eigenvalue weighted by Crippen LogP contribution is -2.34. The number of carbonyl (C=O) groups is 2. The maximum Gasteiger partial charge on any atom is 0.422 e. The second-order valence-electron chi connectivity index (χ2n) is 9.25. The van der Waals surface area contributed by atoms with Crippen molar-refractivity contribution in [1.29, 1.82) is 0 Å². The normalized spacial score (nSPS) is 18.3. The third-order valence-electron chi connectivity index (χ3n) is 6.86. The summed E-state index contributed by atoms with van der Waals surface area (Å²) in [4.78, 5) is 29.0. The molecule has 2 aromatic carbocycles. The highest BCUT2D eigenvalue weighted by molar-refractivity contribution is 6.09. The van der Waals surface area contributed by atoms with Gasteiger partial charge in [-0.25, -0.2) is 9.69 Å². The van der Waals surface area contributed by atoms with Crippen LogP contribution in [0, 0.1) is 0 Å². The lowest BCUT2D eigenvalue weighted by Gasteiger charge is -2.37. The monoisotopic (exact) mass is 460 g/mol. The molecule has 0 N–H and O–H groups in total. The fraction of sp³-hybridized carbons (Fsp3) is 0.429. The summed E-state index contributed by atoms with van der Waals surface area (Å²) >= 11 is 0. The number of aryl methyl sites for hydroxylation is 3. The molecule has 3 aliphatic rings. The van der Waals surface area contributed by atoms with E-state index in [1.807, 2.05) is 19.1 Å². The molecule has 5 rings (SSSR count). The lowest BCUT2D eigenvalue weighted by molar-refractivity contribution is -0.123. The standard InChI is InChI=1S/C28H32N2O4/c1-2-33-24-12-10-20(11-13-24)7-3-4-16-30-27(31)25(34-28(30)32)19-21-17-22-8-5-14-29-15-6-9-23(18-21)26(22)29/h10-13,17-19H,2-9,14-16H2,1H3. The van der Waals surface area contributed by atoms with E-state index in [2.05, 4.69) is 29.2 Å². The maximum atomic E-state index is 12.9. The molecule has 0 spiro atoms. The van der Waals surface area contributed by atoms with Crippen LogP contribution < -0.4 is 9.64 Å². The van der Waals surface area contributed by atoms with Gasteiger partial charge in [0.1, 0.15) is 5.75 Å². The van der Waals surface area contributed by atoms with Gasteiger partial charge in [-0.2, -0.15) is 0 Å². The number of benzene rings is 2. The van der Waals surface area contributed by atoms with E-state index in [1.54, 1.807) is 6.08 Å². The number of carbonyl (C=O) groups excluding carboxylic acids is 2. The zero-order chi connectivity index (χ0) is 23.5. The van der Waals surface area contributed by atoms with Crippen LogP contribution in [0.2, 0.25) is 0 Å². The highest BCUT2D eigenvalue weighted by Gasteiger charge is 2.36. The van der Waals surface area contributed by atoms with Crippen molar-refractivity contribution in [2.24, 2.45) is 0 Å². The number of rotatable bonds is 8. The quantitative estimate of drug-likeness (QED) is 0.404. The first kappa shape index (κ1) is 22.5. The Morgan fingerprint density at radius 2 is 1.71 bits per heavy atom. The van der Waals surface area contributed by atoms with Crippen LogP contribution in [0.4, 0.5) is 10.5 Å². The minimum atomic E-state index is -0.567. The molecule has 3 heterocycles. The number of imide groups is 1. The summed E-state index contributed by atoms with van der Waals surface area (Å²) in [6.07, 6.45) is 8.12. The molecule has 0 saturated carbocycles. The Morgan fingerprint density at radius 1 is 1.00 bits per heavy atom. The summed E-state index contributed by atoms with van der Waals surface area (Å²) in [5, 5.41) is 0. The van der Waals surface area contributed by atoms with E-state index in [1.165, 1.54) is 27.3 Å².